The van der Waals surface area contributed by atoms with Gasteiger partial charge in [-0.2, -0.15) is 0 Å². The third kappa shape index (κ3) is 4.58. The molecule has 0 atom stereocenters. The second kappa shape index (κ2) is 7.97. The van der Waals surface area contributed by atoms with Crippen molar-refractivity contribution in [2.75, 3.05) is 5.32 Å². The Morgan fingerprint density at radius 1 is 0.962 bits per heavy atom. The summed E-state index contributed by atoms with van der Waals surface area (Å²) < 4.78 is 5.62. The quantitative estimate of drug-likeness (QED) is 0.656. The maximum Gasteiger partial charge on any atom is 0.257 e. The molecule has 0 radical (unpaired) electrons. The van der Waals surface area contributed by atoms with Gasteiger partial charge in [0.2, 0.25) is 0 Å². The van der Waals surface area contributed by atoms with Crippen LogP contribution in [0.5, 0.6) is 5.75 Å². The molecule has 0 aliphatic carbocycles. The number of anilines is 1. The average molecular weight is 364 g/mol. The van der Waals surface area contributed by atoms with E-state index in [4.69, 9.17) is 17.0 Å². The summed E-state index contributed by atoms with van der Waals surface area (Å²) >= 11 is 5.26. The second-order valence-electron chi connectivity index (χ2n) is 6.16. The molecule has 0 aliphatic rings. The highest BCUT2D eigenvalue weighted by Gasteiger charge is 2.10. The van der Waals surface area contributed by atoms with Crippen LogP contribution in [0, 0.1) is 0 Å². The summed E-state index contributed by atoms with van der Waals surface area (Å²) in [5, 5.41) is 8.25. The third-order valence-corrected chi connectivity index (χ3v) is 3.91. The van der Waals surface area contributed by atoms with Crippen LogP contribution < -0.4 is 15.4 Å². The zero-order chi connectivity index (χ0) is 18.5. The first kappa shape index (κ1) is 17.9. The molecule has 0 heterocycles. The normalized spacial score (nSPS) is 10.6. The van der Waals surface area contributed by atoms with Crippen LogP contribution >= 0.6 is 12.2 Å². The standard InChI is InChI=1S/C21H20N2O2S/c1-14(2)25-19-9-5-8-17(13-19)20(24)23-21(26)22-18-11-10-15-6-3-4-7-16(15)12-18/h3-14H,1-2H3,(H2,22,23,24,26). The van der Waals surface area contributed by atoms with E-state index in [-0.39, 0.29) is 17.1 Å². The SMILES string of the molecule is CC(C)Oc1cccc(C(=O)NC(=S)Nc2ccc3ccccc3c2)c1. The summed E-state index contributed by atoms with van der Waals surface area (Å²) in [6.45, 7) is 3.88. The van der Waals surface area contributed by atoms with Gasteiger partial charge < -0.3 is 10.1 Å². The zero-order valence-corrected chi connectivity index (χ0v) is 15.5. The fourth-order valence-corrected chi connectivity index (χ4v) is 2.80. The molecule has 5 heteroatoms. The molecule has 0 unspecified atom stereocenters. The van der Waals surface area contributed by atoms with Gasteiger partial charge in [-0.1, -0.05) is 36.4 Å². The van der Waals surface area contributed by atoms with Crippen LogP contribution in [0.1, 0.15) is 24.2 Å². The number of hydrogen-bond donors (Lipinski definition) is 2. The van der Waals surface area contributed by atoms with Crippen molar-refractivity contribution in [2.45, 2.75) is 20.0 Å². The molecule has 132 valence electrons. The van der Waals surface area contributed by atoms with Gasteiger partial charge in [0.15, 0.2) is 5.11 Å². The number of nitrogens with one attached hydrogen (secondary N) is 2. The van der Waals surface area contributed by atoms with Crippen molar-refractivity contribution in [1.29, 1.82) is 0 Å². The summed E-state index contributed by atoms with van der Waals surface area (Å²) in [5.74, 6) is 0.374. The Labute approximate surface area is 158 Å². The van der Waals surface area contributed by atoms with Crippen LogP contribution in [0.3, 0.4) is 0 Å². The molecule has 0 fully saturated rings. The fourth-order valence-electron chi connectivity index (χ4n) is 2.59. The monoisotopic (exact) mass is 364 g/mol. The van der Waals surface area contributed by atoms with E-state index < -0.39 is 0 Å². The van der Waals surface area contributed by atoms with Crippen molar-refractivity contribution < 1.29 is 9.53 Å². The summed E-state index contributed by atoms with van der Waals surface area (Å²) in [6, 6.07) is 21.0. The van der Waals surface area contributed by atoms with E-state index in [1.165, 1.54) is 0 Å². The average Bonchev–Trinajstić information content (AvgIpc) is 2.61. The van der Waals surface area contributed by atoms with Gasteiger partial charge in [-0.15, -0.1) is 0 Å². The van der Waals surface area contributed by atoms with Gasteiger partial charge in [0.05, 0.1) is 6.10 Å². The molecule has 0 spiro atoms. The smallest absolute Gasteiger partial charge is 0.257 e. The minimum atomic E-state index is -0.280. The molecular weight excluding hydrogens is 344 g/mol. The lowest BCUT2D eigenvalue weighted by molar-refractivity contribution is 0.0977. The van der Waals surface area contributed by atoms with Gasteiger partial charge in [-0.05, 0) is 67.2 Å². The first-order valence-corrected chi connectivity index (χ1v) is 8.80. The number of carbonyl (C=O) groups is 1. The largest absolute Gasteiger partial charge is 0.491 e. The number of rotatable bonds is 4. The van der Waals surface area contributed by atoms with Crippen molar-refractivity contribution in [3.63, 3.8) is 0 Å². The molecule has 3 rings (SSSR count). The fraction of sp³-hybridized carbons (Fsp3) is 0.143. The lowest BCUT2D eigenvalue weighted by atomic mass is 10.1. The Morgan fingerprint density at radius 3 is 2.50 bits per heavy atom. The number of thiocarbonyl (C=S) groups is 1. The highest BCUT2D eigenvalue weighted by Crippen LogP contribution is 2.19. The van der Waals surface area contributed by atoms with Crippen LogP contribution in [0.4, 0.5) is 5.69 Å². The first-order chi connectivity index (χ1) is 12.5. The number of carbonyl (C=O) groups excluding carboxylic acids is 1. The molecule has 1 amide bonds. The zero-order valence-electron chi connectivity index (χ0n) is 14.7. The van der Waals surface area contributed by atoms with Crippen LogP contribution in [-0.2, 0) is 0 Å². The number of fused-ring (bicyclic) bond motifs is 1. The number of amides is 1. The van der Waals surface area contributed by atoms with Gasteiger partial charge in [-0.3, -0.25) is 10.1 Å². The lowest BCUT2D eigenvalue weighted by Crippen LogP contribution is -2.34. The molecule has 0 bridgehead atoms. The van der Waals surface area contributed by atoms with Gasteiger partial charge in [-0.25, -0.2) is 0 Å². The predicted molar refractivity (Wildman–Crippen MR) is 110 cm³/mol. The molecule has 4 nitrogen and oxygen atoms in total. The van der Waals surface area contributed by atoms with Crippen molar-refractivity contribution >= 4 is 39.7 Å². The Balaban J connectivity index is 1.66. The highest BCUT2D eigenvalue weighted by molar-refractivity contribution is 7.80. The molecule has 0 aromatic heterocycles. The Hall–Kier alpha value is -2.92. The minimum Gasteiger partial charge on any atom is -0.491 e. The molecule has 26 heavy (non-hydrogen) atoms. The van der Waals surface area contributed by atoms with Crippen molar-refractivity contribution in [3.05, 3.63) is 72.3 Å². The van der Waals surface area contributed by atoms with E-state index in [2.05, 4.69) is 10.6 Å². The van der Waals surface area contributed by atoms with Crippen molar-refractivity contribution in [1.82, 2.24) is 5.32 Å². The van der Waals surface area contributed by atoms with Gasteiger partial charge >= 0.3 is 0 Å². The van der Waals surface area contributed by atoms with E-state index in [1.54, 1.807) is 18.2 Å². The summed E-state index contributed by atoms with van der Waals surface area (Å²) in [6.07, 6.45) is 0.0453. The summed E-state index contributed by atoms with van der Waals surface area (Å²) in [4.78, 5) is 12.4. The highest BCUT2D eigenvalue weighted by atomic mass is 32.1. The van der Waals surface area contributed by atoms with Gasteiger partial charge in [0, 0.05) is 11.3 Å². The van der Waals surface area contributed by atoms with Crippen LogP contribution in [0.2, 0.25) is 0 Å². The molecule has 0 saturated carbocycles. The van der Waals surface area contributed by atoms with Crippen molar-refractivity contribution in [3.8, 4) is 5.75 Å². The van der Waals surface area contributed by atoms with E-state index in [1.807, 2.05) is 62.4 Å². The van der Waals surface area contributed by atoms with Crippen LogP contribution in [0.15, 0.2) is 66.7 Å². The molecule has 3 aromatic rings. The minimum absolute atomic E-state index is 0.0453. The second-order valence-corrected chi connectivity index (χ2v) is 6.57. The third-order valence-electron chi connectivity index (χ3n) is 3.70. The lowest BCUT2D eigenvalue weighted by Gasteiger charge is -2.12. The Kier molecular flexibility index (Phi) is 5.49. The molecule has 2 N–H and O–H groups in total. The summed E-state index contributed by atoms with van der Waals surface area (Å²) in [5.41, 5.74) is 1.32. The topological polar surface area (TPSA) is 50.4 Å². The first-order valence-electron chi connectivity index (χ1n) is 8.39. The Morgan fingerprint density at radius 2 is 1.73 bits per heavy atom. The van der Waals surface area contributed by atoms with E-state index in [9.17, 15) is 4.79 Å². The maximum atomic E-state index is 12.4. The van der Waals surface area contributed by atoms with Crippen LogP contribution in [0.25, 0.3) is 10.8 Å². The maximum absolute atomic E-state index is 12.4. The van der Waals surface area contributed by atoms with Crippen molar-refractivity contribution in [2.24, 2.45) is 0 Å². The van der Waals surface area contributed by atoms with E-state index in [0.717, 1.165) is 16.5 Å². The molecule has 0 saturated heterocycles. The van der Waals surface area contributed by atoms with Gasteiger partial charge in [0.1, 0.15) is 5.75 Å². The molecule has 0 aliphatic heterocycles. The molecule has 3 aromatic carbocycles. The molecular formula is C21H20N2O2S. The Bertz CT molecular complexity index is 953. The van der Waals surface area contributed by atoms with Gasteiger partial charge in [0.25, 0.3) is 5.91 Å². The van der Waals surface area contributed by atoms with E-state index >= 15 is 0 Å². The van der Waals surface area contributed by atoms with E-state index in [0.29, 0.717) is 11.3 Å². The number of ether oxygens (including phenoxy) is 1. The predicted octanol–water partition coefficient (Wildman–Crippen LogP) is 4.75. The summed E-state index contributed by atoms with van der Waals surface area (Å²) in [7, 11) is 0. The number of hydrogen-bond acceptors (Lipinski definition) is 3. The van der Waals surface area contributed by atoms with Crippen LogP contribution in [-0.4, -0.2) is 17.1 Å². The number of benzene rings is 3.